The van der Waals surface area contributed by atoms with Crippen LogP contribution in [-0.4, -0.2) is 37.3 Å². The van der Waals surface area contributed by atoms with Crippen molar-refractivity contribution in [3.05, 3.63) is 89.5 Å². The maximum absolute atomic E-state index is 12.5. The summed E-state index contributed by atoms with van der Waals surface area (Å²) in [5.41, 5.74) is 0.889. The van der Waals surface area contributed by atoms with Crippen LogP contribution in [0.5, 0.6) is 17.2 Å². The molecule has 0 aliphatic carbocycles. The highest BCUT2D eigenvalue weighted by Gasteiger charge is 2.14. The molecule has 0 saturated heterocycles. The van der Waals surface area contributed by atoms with Crippen LogP contribution < -0.4 is 14.2 Å². The van der Waals surface area contributed by atoms with Crippen LogP contribution in [0, 0.1) is 5.92 Å². The number of benzene rings is 3. The molecule has 3 aromatic rings. The maximum atomic E-state index is 12.5. The highest BCUT2D eigenvalue weighted by atomic mass is 16.7. The second-order valence-corrected chi connectivity index (χ2v) is 8.52. The monoisotopic (exact) mass is 534 g/mol. The van der Waals surface area contributed by atoms with E-state index in [1.807, 2.05) is 13.8 Å². The van der Waals surface area contributed by atoms with Crippen molar-refractivity contribution in [1.82, 2.24) is 0 Å². The first kappa shape index (κ1) is 28.9. The molecule has 9 heteroatoms. The van der Waals surface area contributed by atoms with Gasteiger partial charge in [-0.15, -0.1) is 0 Å². The van der Waals surface area contributed by atoms with Crippen LogP contribution in [0.4, 0.5) is 0 Å². The number of hydrogen-bond acceptors (Lipinski definition) is 9. The minimum atomic E-state index is -0.611. The predicted molar refractivity (Wildman–Crippen MR) is 141 cm³/mol. The minimum Gasteiger partial charge on any atom is -0.462 e. The van der Waals surface area contributed by atoms with E-state index in [1.165, 1.54) is 60.7 Å². The molecule has 0 aromatic heterocycles. The van der Waals surface area contributed by atoms with Crippen LogP contribution in [0.3, 0.4) is 0 Å². The first-order valence-corrected chi connectivity index (χ1v) is 12.5. The summed E-state index contributed by atoms with van der Waals surface area (Å²) < 4.78 is 26.2. The maximum Gasteiger partial charge on any atom is 0.343 e. The first-order valence-electron chi connectivity index (χ1n) is 12.5. The summed E-state index contributed by atoms with van der Waals surface area (Å²) in [4.78, 5) is 48.5. The number of hydrogen-bond donors (Lipinski definition) is 0. The van der Waals surface area contributed by atoms with E-state index in [2.05, 4.69) is 0 Å². The third-order valence-electron chi connectivity index (χ3n) is 5.57. The summed E-state index contributed by atoms with van der Waals surface area (Å²) in [5.74, 6) is -1.25. The van der Waals surface area contributed by atoms with Gasteiger partial charge in [0.25, 0.3) is 0 Å². The summed E-state index contributed by atoms with van der Waals surface area (Å²) in [6, 6.07) is 18.1. The van der Waals surface area contributed by atoms with E-state index in [0.29, 0.717) is 24.3 Å². The van der Waals surface area contributed by atoms with Crippen molar-refractivity contribution in [1.29, 1.82) is 0 Å². The molecule has 0 fully saturated rings. The molecule has 0 heterocycles. The zero-order chi connectivity index (χ0) is 28.2. The molecule has 0 saturated carbocycles. The van der Waals surface area contributed by atoms with Crippen molar-refractivity contribution in [3.8, 4) is 17.2 Å². The van der Waals surface area contributed by atoms with Crippen molar-refractivity contribution < 1.29 is 42.9 Å². The molecule has 3 rings (SSSR count). The SMILES string of the molecule is CCCOC(=O)c1ccc(OC(=O)c2ccc(OC(=O)c3ccc(OCOC(=O)C(C)CC)cc3)cc2)cc1. The molecule has 1 unspecified atom stereocenters. The highest BCUT2D eigenvalue weighted by molar-refractivity contribution is 5.93. The summed E-state index contributed by atoms with van der Waals surface area (Å²) in [6.07, 6.45) is 1.40. The molecule has 0 aliphatic rings. The van der Waals surface area contributed by atoms with Gasteiger partial charge in [0, 0.05) is 0 Å². The summed E-state index contributed by atoms with van der Waals surface area (Å²) in [5, 5.41) is 0. The minimum absolute atomic E-state index is 0.202. The van der Waals surface area contributed by atoms with Crippen LogP contribution in [0.25, 0.3) is 0 Å². The zero-order valence-electron chi connectivity index (χ0n) is 22.0. The average molecular weight is 535 g/mol. The van der Waals surface area contributed by atoms with Gasteiger partial charge in [0.2, 0.25) is 6.79 Å². The molecule has 39 heavy (non-hydrogen) atoms. The molecule has 0 spiro atoms. The molecule has 0 aliphatic heterocycles. The Morgan fingerprint density at radius 2 is 1.05 bits per heavy atom. The Labute approximate surface area is 226 Å². The molecule has 0 amide bonds. The van der Waals surface area contributed by atoms with Gasteiger partial charge in [-0.2, -0.15) is 0 Å². The van der Waals surface area contributed by atoms with Gasteiger partial charge in [-0.3, -0.25) is 4.79 Å². The fourth-order valence-electron chi connectivity index (χ4n) is 3.08. The lowest BCUT2D eigenvalue weighted by molar-refractivity contribution is -0.154. The van der Waals surface area contributed by atoms with Crippen molar-refractivity contribution in [2.24, 2.45) is 5.92 Å². The topological polar surface area (TPSA) is 114 Å². The van der Waals surface area contributed by atoms with Gasteiger partial charge in [-0.25, -0.2) is 14.4 Å². The van der Waals surface area contributed by atoms with Gasteiger partial charge in [-0.05, 0) is 85.6 Å². The van der Waals surface area contributed by atoms with Gasteiger partial charge in [0.15, 0.2) is 0 Å². The zero-order valence-corrected chi connectivity index (χ0v) is 22.0. The molecule has 0 bridgehead atoms. The van der Waals surface area contributed by atoms with Gasteiger partial charge >= 0.3 is 23.9 Å². The summed E-state index contributed by atoms with van der Waals surface area (Å²) >= 11 is 0. The van der Waals surface area contributed by atoms with Crippen molar-refractivity contribution in [3.63, 3.8) is 0 Å². The third-order valence-corrected chi connectivity index (χ3v) is 5.57. The van der Waals surface area contributed by atoms with Crippen LogP contribution in [-0.2, 0) is 14.3 Å². The third kappa shape index (κ3) is 8.70. The van der Waals surface area contributed by atoms with E-state index in [-0.39, 0.29) is 41.3 Å². The summed E-state index contributed by atoms with van der Waals surface area (Å²) in [7, 11) is 0. The Morgan fingerprint density at radius 1 is 0.615 bits per heavy atom. The van der Waals surface area contributed by atoms with Crippen LogP contribution in [0.1, 0.15) is 64.7 Å². The fraction of sp³-hybridized carbons (Fsp3) is 0.267. The molecular formula is C30H30O9. The lowest BCUT2D eigenvalue weighted by atomic mass is 10.1. The standard InChI is InChI=1S/C30H30O9/c1-4-18-35-28(32)21-8-14-25(15-9-21)38-30(34)23-10-16-26(17-11-23)39-29(33)22-6-12-24(13-7-22)36-19-37-27(31)20(3)5-2/h6-17,20H,4-5,18-19H2,1-3H3. The van der Waals surface area contributed by atoms with Crippen molar-refractivity contribution in [2.75, 3.05) is 13.4 Å². The van der Waals surface area contributed by atoms with E-state index >= 15 is 0 Å². The second-order valence-electron chi connectivity index (χ2n) is 8.52. The molecule has 204 valence electrons. The van der Waals surface area contributed by atoms with Crippen LogP contribution >= 0.6 is 0 Å². The lowest BCUT2D eigenvalue weighted by Gasteiger charge is -2.11. The van der Waals surface area contributed by atoms with E-state index in [0.717, 1.165) is 6.42 Å². The van der Waals surface area contributed by atoms with E-state index in [4.69, 9.17) is 23.7 Å². The Hall–Kier alpha value is -4.66. The van der Waals surface area contributed by atoms with E-state index in [9.17, 15) is 19.2 Å². The molecule has 9 nitrogen and oxygen atoms in total. The quantitative estimate of drug-likeness (QED) is 0.166. The molecule has 0 N–H and O–H groups in total. The Morgan fingerprint density at radius 3 is 1.49 bits per heavy atom. The lowest BCUT2D eigenvalue weighted by Crippen LogP contribution is -2.17. The molecule has 3 aromatic carbocycles. The molecule has 1 atom stereocenters. The number of rotatable bonds is 12. The number of ether oxygens (including phenoxy) is 5. The Kier molecular flexibility index (Phi) is 10.6. The number of esters is 4. The van der Waals surface area contributed by atoms with Gasteiger partial charge < -0.3 is 23.7 Å². The molecular weight excluding hydrogens is 504 g/mol. The fourth-order valence-corrected chi connectivity index (χ4v) is 3.08. The van der Waals surface area contributed by atoms with Gasteiger partial charge in [0.1, 0.15) is 17.2 Å². The largest absolute Gasteiger partial charge is 0.462 e. The average Bonchev–Trinajstić information content (AvgIpc) is 2.96. The van der Waals surface area contributed by atoms with Crippen LogP contribution in [0.2, 0.25) is 0 Å². The van der Waals surface area contributed by atoms with E-state index < -0.39 is 17.9 Å². The van der Waals surface area contributed by atoms with Gasteiger partial charge in [-0.1, -0.05) is 20.8 Å². The first-order chi connectivity index (χ1) is 18.8. The predicted octanol–water partition coefficient (Wildman–Crippen LogP) is 5.62. The summed E-state index contributed by atoms with van der Waals surface area (Å²) in [6.45, 7) is 5.69. The van der Waals surface area contributed by atoms with Crippen molar-refractivity contribution >= 4 is 23.9 Å². The smallest absolute Gasteiger partial charge is 0.343 e. The molecule has 0 radical (unpaired) electrons. The van der Waals surface area contributed by atoms with Crippen LogP contribution in [0.15, 0.2) is 72.8 Å². The number of carbonyl (C=O) groups is 4. The van der Waals surface area contributed by atoms with Gasteiger partial charge in [0.05, 0.1) is 29.2 Å². The van der Waals surface area contributed by atoms with Crippen molar-refractivity contribution in [2.45, 2.75) is 33.6 Å². The van der Waals surface area contributed by atoms with E-state index in [1.54, 1.807) is 19.1 Å². The Bertz CT molecular complexity index is 1260. The normalized spacial score (nSPS) is 11.2. The number of carbonyl (C=O) groups excluding carboxylic acids is 4. The Balaban J connectivity index is 1.49. The highest BCUT2D eigenvalue weighted by Crippen LogP contribution is 2.19. The second kappa shape index (κ2) is 14.3.